The summed E-state index contributed by atoms with van der Waals surface area (Å²) in [5, 5.41) is 9.00. The number of nitrogens with zero attached hydrogens (tertiary/aromatic N) is 6. The maximum absolute atomic E-state index is 13.0. The minimum atomic E-state index is 0.0719. The van der Waals surface area contributed by atoms with Gasteiger partial charge in [-0.3, -0.25) is 9.36 Å². The average molecular weight is 358 g/mol. The first-order valence-corrected chi connectivity index (χ1v) is 9.43. The molecule has 3 aromatic heterocycles. The highest BCUT2D eigenvalue weighted by Crippen LogP contribution is 2.31. The number of aryl methyl sites for hydroxylation is 2. The molecule has 7 nitrogen and oxygen atoms in total. The Balaban J connectivity index is 1.66. The van der Waals surface area contributed by atoms with Gasteiger partial charge in [0.05, 0.1) is 11.7 Å². The molecule has 4 heterocycles. The summed E-state index contributed by atoms with van der Waals surface area (Å²) in [7, 11) is 2.11. The first-order valence-electron chi connectivity index (χ1n) is 8.61. The molecule has 0 N–H and O–H groups in total. The molecule has 25 heavy (non-hydrogen) atoms. The fraction of sp³-hybridized carbons (Fsp3) is 0.529. The number of fused-ring (bicyclic) bond motifs is 3. The Kier molecular flexibility index (Phi) is 4.16. The van der Waals surface area contributed by atoms with Crippen LogP contribution in [-0.4, -0.2) is 42.8 Å². The van der Waals surface area contributed by atoms with Crippen LogP contribution in [-0.2, 0) is 25.9 Å². The first-order chi connectivity index (χ1) is 12.0. The monoisotopic (exact) mass is 358 g/mol. The number of thiophene rings is 1. The van der Waals surface area contributed by atoms with Gasteiger partial charge in [0.25, 0.3) is 5.56 Å². The van der Waals surface area contributed by atoms with Crippen molar-refractivity contribution in [3.05, 3.63) is 39.3 Å². The van der Waals surface area contributed by atoms with Crippen LogP contribution in [0.25, 0.3) is 10.2 Å². The second-order valence-electron chi connectivity index (χ2n) is 6.91. The first kappa shape index (κ1) is 16.4. The van der Waals surface area contributed by atoms with E-state index in [0.717, 1.165) is 35.6 Å². The lowest BCUT2D eigenvalue weighted by atomic mass is 10.1. The molecule has 0 aromatic carbocycles. The lowest BCUT2D eigenvalue weighted by Crippen LogP contribution is -2.27. The Bertz CT molecular complexity index is 969. The predicted octanol–water partition coefficient (Wildman–Crippen LogP) is 1.86. The molecule has 8 heteroatoms. The zero-order chi connectivity index (χ0) is 17.6. The van der Waals surface area contributed by atoms with Crippen LogP contribution in [0.3, 0.4) is 0 Å². The SMILES string of the molecule is CC(C)n1cnnc1CCn1cnc2sc3c(c2c1=O)CCN(C)C3. The maximum Gasteiger partial charge on any atom is 0.262 e. The zero-order valence-corrected chi connectivity index (χ0v) is 15.6. The van der Waals surface area contributed by atoms with E-state index < -0.39 is 0 Å². The Hall–Kier alpha value is -2.06. The van der Waals surface area contributed by atoms with Crippen molar-refractivity contribution in [2.75, 3.05) is 13.6 Å². The molecular weight excluding hydrogens is 336 g/mol. The van der Waals surface area contributed by atoms with Crippen molar-refractivity contribution in [1.82, 2.24) is 29.2 Å². The van der Waals surface area contributed by atoms with Gasteiger partial charge >= 0.3 is 0 Å². The molecule has 0 atom stereocenters. The zero-order valence-electron chi connectivity index (χ0n) is 14.8. The Morgan fingerprint density at radius 2 is 2.16 bits per heavy atom. The lowest BCUT2D eigenvalue weighted by Gasteiger charge is -2.21. The minimum Gasteiger partial charge on any atom is -0.315 e. The Morgan fingerprint density at radius 3 is 2.96 bits per heavy atom. The highest BCUT2D eigenvalue weighted by atomic mass is 32.1. The van der Waals surface area contributed by atoms with Gasteiger partial charge in [-0.2, -0.15) is 0 Å². The van der Waals surface area contributed by atoms with Crippen molar-refractivity contribution in [2.45, 2.75) is 45.8 Å². The number of hydrogen-bond acceptors (Lipinski definition) is 6. The molecule has 0 unspecified atom stereocenters. The van der Waals surface area contributed by atoms with Gasteiger partial charge in [0.15, 0.2) is 0 Å². The van der Waals surface area contributed by atoms with E-state index in [1.807, 2.05) is 4.57 Å². The summed E-state index contributed by atoms with van der Waals surface area (Å²) in [6, 6.07) is 0.309. The molecule has 3 aromatic rings. The van der Waals surface area contributed by atoms with E-state index in [9.17, 15) is 4.79 Å². The predicted molar refractivity (Wildman–Crippen MR) is 98.0 cm³/mol. The fourth-order valence-electron chi connectivity index (χ4n) is 3.40. The van der Waals surface area contributed by atoms with E-state index in [4.69, 9.17) is 0 Å². The van der Waals surface area contributed by atoms with Gasteiger partial charge in [0.2, 0.25) is 0 Å². The van der Waals surface area contributed by atoms with E-state index in [2.05, 4.69) is 41.0 Å². The quantitative estimate of drug-likeness (QED) is 0.712. The molecule has 0 radical (unpaired) electrons. The van der Waals surface area contributed by atoms with Crippen molar-refractivity contribution in [1.29, 1.82) is 0 Å². The van der Waals surface area contributed by atoms with Crippen molar-refractivity contribution in [3.8, 4) is 0 Å². The Morgan fingerprint density at radius 1 is 1.32 bits per heavy atom. The van der Waals surface area contributed by atoms with E-state index in [0.29, 0.717) is 19.0 Å². The normalized spacial score (nSPS) is 15.2. The second kappa shape index (κ2) is 6.34. The van der Waals surface area contributed by atoms with Crippen molar-refractivity contribution >= 4 is 21.6 Å². The molecule has 1 aliphatic rings. The molecule has 0 spiro atoms. The summed E-state index contributed by atoms with van der Waals surface area (Å²) in [5.41, 5.74) is 1.28. The van der Waals surface area contributed by atoms with Crippen LogP contribution >= 0.6 is 11.3 Å². The molecule has 0 bridgehead atoms. The molecule has 4 rings (SSSR count). The Labute approximate surface area is 149 Å². The summed E-state index contributed by atoms with van der Waals surface area (Å²) in [6.07, 6.45) is 5.01. The second-order valence-corrected chi connectivity index (χ2v) is 8.00. The average Bonchev–Trinajstić information content (AvgIpc) is 3.18. The van der Waals surface area contributed by atoms with Gasteiger partial charge in [0.1, 0.15) is 17.0 Å². The standard InChI is InChI=1S/C17H22N6OS/c1-11(2)23-10-19-20-14(23)5-7-22-9-18-16-15(17(22)24)12-4-6-21(3)8-13(12)25-16/h9-11H,4-8H2,1-3H3. The molecule has 0 saturated carbocycles. The van der Waals surface area contributed by atoms with Crippen LogP contribution in [0.4, 0.5) is 0 Å². The van der Waals surface area contributed by atoms with Crippen LogP contribution in [0.2, 0.25) is 0 Å². The largest absolute Gasteiger partial charge is 0.315 e. The van der Waals surface area contributed by atoms with E-state index in [1.165, 1.54) is 10.4 Å². The molecule has 0 amide bonds. The number of aromatic nitrogens is 5. The fourth-order valence-corrected chi connectivity index (χ4v) is 4.66. The molecule has 0 saturated heterocycles. The summed E-state index contributed by atoms with van der Waals surface area (Å²) in [5.74, 6) is 0.899. The highest BCUT2D eigenvalue weighted by molar-refractivity contribution is 7.18. The van der Waals surface area contributed by atoms with Gasteiger partial charge in [-0.05, 0) is 32.9 Å². The lowest BCUT2D eigenvalue weighted by molar-refractivity contribution is 0.318. The van der Waals surface area contributed by atoms with Gasteiger partial charge in [0, 0.05) is 37.0 Å². The molecule has 1 aliphatic heterocycles. The smallest absolute Gasteiger partial charge is 0.262 e. The van der Waals surface area contributed by atoms with Crippen LogP contribution in [0.15, 0.2) is 17.4 Å². The van der Waals surface area contributed by atoms with Crippen LogP contribution in [0.5, 0.6) is 0 Å². The van der Waals surface area contributed by atoms with Crippen molar-refractivity contribution in [2.24, 2.45) is 0 Å². The topological polar surface area (TPSA) is 68.8 Å². The number of hydrogen-bond donors (Lipinski definition) is 0. The molecular formula is C17H22N6OS. The van der Waals surface area contributed by atoms with Gasteiger partial charge < -0.3 is 9.47 Å². The summed E-state index contributed by atoms with van der Waals surface area (Å²) in [6.45, 7) is 6.66. The van der Waals surface area contributed by atoms with E-state index in [-0.39, 0.29) is 5.56 Å². The van der Waals surface area contributed by atoms with Gasteiger partial charge in [-0.25, -0.2) is 4.98 Å². The van der Waals surface area contributed by atoms with Crippen molar-refractivity contribution in [3.63, 3.8) is 0 Å². The van der Waals surface area contributed by atoms with Gasteiger partial charge in [-0.1, -0.05) is 0 Å². The minimum absolute atomic E-state index is 0.0719. The number of likely N-dealkylation sites (N-methyl/N-ethyl adjacent to an activating group) is 1. The molecule has 0 fully saturated rings. The van der Waals surface area contributed by atoms with Crippen LogP contribution in [0.1, 0.15) is 36.2 Å². The third kappa shape index (κ3) is 2.89. The van der Waals surface area contributed by atoms with Crippen molar-refractivity contribution < 1.29 is 0 Å². The summed E-state index contributed by atoms with van der Waals surface area (Å²) in [4.78, 5) is 22.0. The third-order valence-corrected chi connectivity index (χ3v) is 5.92. The summed E-state index contributed by atoms with van der Waals surface area (Å²) >= 11 is 1.66. The van der Waals surface area contributed by atoms with Crippen LogP contribution < -0.4 is 5.56 Å². The number of rotatable bonds is 4. The highest BCUT2D eigenvalue weighted by Gasteiger charge is 2.22. The maximum atomic E-state index is 13.0. The van der Waals surface area contributed by atoms with Crippen LogP contribution in [0, 0.1) is 0 Å². The van der Waals surface area contributed by atoms with E-state index >= 15 is 0 Å². The molecule has 0 aliphatic carbocycles. The molecule has 132 valence electrons. The van der Waals surface area contributed by atoms with E-state index in [1.54, 1.807) is 28.6 Å². The third-order valence-electron chi connectivity index (χ3n) is 4.80. The van der Waals surface area contributed by atoms with Gasteiger partial charge in [-0.15, -0.1) is 21.5 Å². The summed E-state index contributed by atoms with van der Waals surface area (Å²) < 4.78 is 3.76.